The number of halogens is 1. The summed E-state index contributed by atoms with van der Waals surface area (Å²) in [5.41, 5.74) is 0. The molecule has 1 aliphatic rings. The second kappa shape index (κ2) is 8.67. The lowest BCUT2D eigenvalue weighted by Gasteiger charge is -2.25. The number of nitrogens with zero attached hydrogens (tertiary/aromatic N) is 1. The van der Waals surface area contributed by atoms with Gasteiger partial charge in [-0.05, 0) is 43.2 Å². The number of carbonyl (C=O) groups is 1. The second-order valence-electron chi connectivity index (χ2n) is 5.88. The number of hydrogen-bond acceptors (Lipinski definition) is 5. The Bertz CT molecular complexity index is 896. The first-order valence-corrected chi connectivity index (χ1v) is 11.7. The number of rotatable bonds is 6. The molecule has 3 heterocycles. The van der Waals surface area contributed by atoms with E-state index in [1.54, 1.807) is 28.6 Å². The number of piperidine rings is 1. The van der Waals surface area contributed by atoms with Crippen LogP contribution in [0.4, 0.5) is 0 Å². The van der Waals surface area contributed by atoms with Crippen LogP contribution in [-0.4, -0.2) is 31.7 Å². The molecule has 0 aliphatic carbocycles. The minimum Gasteiger partial charge on any atom is -0.348 e. The smallest absolute Gasteiger partial charge is 0.252 e. The van der Waals surface area contributed by atoms with E-state index in [0.29, 0.717) is 28.2 Å². The van der Waals surface area contributed by atoms with Gasteiger partial charge in [0.05, 0.1) is 10.9 Å². The molecule has 1 aliphatic heterocycles. The molecule has 1 N–H and O–H groups in total. The molecule has 1 fully saturated rings. The number of hydrogen-bond donors (Lipinski definition) is 1. The van der Waals surface area contributed by atoms with Crippen LogP contribution < -0.4 is 5.32 Å². The van der Waals surface area contributed by atoms with Gasteiger partial charge in [-0.25, -0.2) is 8.42 Å². The molecule has 5 nitrogen and oxygen atoms in total. The zero-order valence-electron chi connectivity index (χ0n) is 14.0. The van der Waals surface area contributed by atoms with E-state index in [9.17, 15) is 13.2 Å². The van der Waals surface area contributed by atoms with Crippen molar-refractivity contribution in [1.29, 1.82) is 0 Å². The summed E-state index contributed by atoms with van der Waals surface area (Å²) in [6, 6.07) is 7.00. The fourth-order valence-corrected chi connectivity index (χ4v) is 6.56. The van der Waals surface area contributed by atoms with Gasteiger partial charge in [-0.3, -0.25) is 4.79 Å². The predicted octanol–water partition coefficient (Wildman–Crippen LogP) is 3.97. The van der Waals surface area contributed by atoms with Crippen LogP contribution in [0.25, 0.3) is 6.08 Å². The van der Waals surface area contributed by atoms with Crippen LogP contribution in [-0.2, 0) is 21.4 Å². The van der Waals surface area contributed by atoms with E-state index >= 15 is 0 Å². The third-order valence-corrected chi connectivity index (χ3v) is 8.62. The number of nitrogens with one attached hydrogen (secondary N) is 1. The van der Waals surface area contributed by atoms with E-state index in [1.807, 2.05) is 6.07 Å². The molecule has 26 heavy (non-hydrogen) atoms. The summed E-state index contributed by atoms with van der Waals surface area (Å²) < 4.78 is 27.8. The monoisotopic (exact) mass is 430 g/mol. The largest absolute Gasteiger partial charge is 0.348 e. The summed E-state index contributed by atoms with van der Waals surface area (Å²) in [7, 11) is -3.41. The summed E-state index contributed by atoms with van der Waals surface area (Å²) in [5, 5.41) is 2.77. The Balaban J connectivity index is 1.56. The van der Waals surface area contributed by atoms with Crippen molar-refractivity contribution in [1.82, 2.24) is 9.62 Å². The normalized spacial score (nSPS) is 16.2. The van der Waals surface area contributed by atoms with Crippen LogP contribution in [0, 0.1) is 0 Å². The lowest BCUT2D eigenvalue weighted by Crippen LogP contribution is -2.35. The molecular weight excluding hydrogens is 412 g/mol. The maximum Gasteiger partial charge on any atom is 0.252 e. The standard InChI is InChI=1S/C17H19ClN2O3S3/c18-15-7-4-13(24-15)5-8-16(21)19-12-14-6-9-17(25-14)26(22,23)20-10-2-1-3-11-20/h4-9H,1-3,10-12H2,(H,19,21). The Labute approximate surface area is 166 Å². The third-order valence-electron chi connectivity index (χ3n) is 3.98. The van der Waals surface area contributed by atoms with Crippen molar-refractivity contribution < 1.29 is 13.2 Å². The highest BCUT2D eigenvalue weighted by atomic mass is 35.5. The van der Waals surface area contributed by atoms with Gasteiger partial charge in [0.25, 0.3) is 10.0 Å². The van der Waals surface area contributed by atoms with Crippen molar-refractivity contribution in [2.45, 2.75) is 30.0 Å². The summed E-state index contributed by atoms with van der Waals surface area (Å²) in [6.45, 7) is 1.47. The SMILES string of the molecule is O=C(C=Cc1ccc(Cl)s1)NCc1ccc(S(=O)(=O)N2CCCCC2)s1. The van der Waals surface area contributed by atoms with Crippen molar-refractivity contribution in [3.8, 4) is 0 Å². The van der Waals surface area contributed by atoms with Gasteiger partial charge in [-0.15, -0.1) is 22.7 Å². The Morgan fingerprint density at radius 2 is 1.92 bits per heavy atom. The molecule has 2 aromatic heterocycles. The van der Waals surface area contributed by atoms with Gasteiger partial charge >= 0.3 is 0 Å². The van der Waals surface area contributed by atoms with E-state index < -0.39 is 10.0 Å². The van der Waals surface area contributed by atoms with E-state index in [1.165, 1.54) is 28.7 Å². The fraction of sp³-hybridized carbons (Fsp3) is 0.353. The summed E-state index contributed by atoms with van der Waals surface area (Å²) in [4.78, 5) is 13.6. The predicted molar refractivity (Wildman–Crippen MR) is 107 cm³/mol. The highest BCUT2D eigenvalue weighted by Crippen LogP contribution is 2.27. The van der Waals surface area contributed by atoms with Crippen LogP contribution in [0.1, 0.15) is 29.0 Å². The number of sulfonamides is 1. The Kier molecular flexibility index (Phi) is 6.52. The van der Waals surface area contributed by atoms with Crippen molar-refractivity contribution >= 4 is 56.3 Å². The summed E-state index contributed by atoms with van der Waals surface area (Å²) in [5.74, 6) is -0.233. The maximum atomic E-state index is 12.6. The van der Waals surface area contributed by atoms with Gasteiger partial charge in [0, 0.05) is 28.9 Å². The molecule has 0 aromatic carbocycles. The molecule has 140 valence electrons. The third kappa shape index (κ3) is 4.95. The first-order chi connectivity index (χ1) is 12.4. The maximum absolute atomic E-state index is 12.6. The zero-order chi connectivity index (χ0) is 18.6. The average molecular weight is 431 g/mol. The minimum absolute atomic E-state index is 0.233. The van der Waals surface area contributed by atoms with Gasteiger partial charge in [0.2, 0.25) is 5.91 Å². The molecule has 0 bridgehead atoms. The molecule has 0 radical (unpaired) electrons. The minimum atomic E-state index is -3.41. The van der Waals surface area contributed by atoms with Gasteiger partial charge < -0.3 is 5.32 Å². The molecule has 3 rings (SSSR count). The Morgan fingerprint density at radius 1 is 1.15 bits per heavy atom. The number of thiophene rings is 2. The number of amides is 1. The van der Waals surface area contributed by atoms with Crippen molar-refractivity contribution in [3.63, 3.8) is 0 Å². The van der Waals surface area contributed by atoms with Crippen molar-refractivity contribution in [2.75, 3.05) is 13.1 Å². The Hall–Kier alpha value is -1.19. The van der Waals surface area contributed by atoms with E-state index in [0.717, 1.165) is 29.0 Å². The molecule has 1 amide bonds. The van der Waals surface area contributed by atoms with Crippen LogP contribution in [0.3, 0.4) is 0 Å². The molecule has 0 saturated carbocycles. The van der Waals surface area contributed by atoms with Gasteiger partial charge in [0.1, 0.15) is 4.21 Å². The quantitative estimate of drug-likeness (QED) is 0.705. The molecular formula is C17H19ClN2O3S3. The molecule has 0 unspecified atom stereocenters. The molecule has 1 saturated heterocycles. The Morgan fingerprint density at radius 3 is 2.62 bits per heavy atom. The van der Waals surface area contributed by atoms with Crippen LogP contribution in [0.2, 0.25) is 4.34 Å². The topological polar surface area (TPSA) is 66.5 Å². The van der Waals surface area contributed by atoms with Gasteiger partial charge in [0.15, 0.2) is 0 Å². The van der Waals surface area contributed by atoms with Crippen molar-refractivity contribution in [2.24, 2.45) is 0 Å². The molecule has 0 spiro atoms. The summed E-state index contributed by atoms with van der Waals surface area (Å²) >= 11 is 8.45. The van der Waals surface area contributed by atoms with E-state index in [-0.39, 0.29) is 5.91 Å². The van der Waals surface area contributed by atoms with Crippen LogP contribution in [0.15, 0.2) is 34.6 Å². The molecule has 9 heteroatoms. The van der Waals surface area contributed by atoms with Crippen LogP contribution in [0.5, 0.6) is 0 Å². The average Bonchev–Trinajstić information content (AvgIpc) is 3.28. The van der Waals surface area contributed by atoms with Crippen molar-refractivity contribution in [3.05, 3.63) is 44.4 Å². The van der Waals surface area contributed by atoms with Gasteiger partial charge in [-0.2, -0.15) is 4.31 Å². The second-order valence-corrected chi connectivity index (χ2v) is 11.0. The lowest BCUT2D eigenvalue weighted by atomic mass is 10.2. The number of carbonyl (C=O) groups excluding carboxylic acids is 1. The van der Waals surface area contributed by atoms with E-state index in [2.05, 4.69) is 5.32 Å². The fourth-order valence-electron chi connectivity index (χ4n) is 2.63. The molecule has 0 atom stereocenters. The first-order valence-electron chi connectivity index (χ1n) is 8.25. The highest BCUT2D eigenvalue weighted by molar-refractivity contribution is 7.91. The zero-order valence-corrected chi connectivity index (χ0v) is 17.2. The van der Waals surface area contributed by atoms with Crippen LogP contribution >= 0.6 is 34.3 Å². The lowest BCUT2D eigenvalue weighted by molar-refractivity contribution is -0.116. The first kappa shape index (κ1) is 19.6. The van der Waals surface area contributed by atoms with Gasteiger partial charge in [-0.1, -0.05) is 18.0 Å². The summed E-state index contributed by atoms with van der Waals surface area (Å²) in [6.07, 6.45) is 6.05. The molecule has 2 aromatic rings. The van der Waals surface area contributed by atoms with E-state index in [4.69, 9.17) is 11.6 Å². The highest BCUT2D eigenvalue weighted by Gasteiger charge is 2.27.